The van der Waals surface area contributed by atoms with Crippen molar-refractivity contribution in [3.8, 4) is 23.6 Å². The Balaban J connectivity index is 2.85. The third-order valence-electron chi connectivity index (χ3n) is 3.74. The summed E-state index contributed by atoms with van der Waals surface area (Å²) < 4.78 is 10.2. The Morgan fingerprint density at radius 2 is 2.04 bits per heavy atom. The van der Waals surface area contributed by atoms with Crippen molar-refractivity contribution >= 4 is 22.5 Å². The Morgan fingerprint density at radius 1 is 1.36 bits per heavy atom. The van der Waals surface area contributed by atoms with Crippen LogP contribution in [-0.2, 0) is 0 Å². The molecule has 0 amide bonds. The summed E-state index contributed by atoms with van der Waals surface area (Å²) in [6.07, 6.45) is 0. The second-order valence-electron chi connectivity index (χ2n) is 4.94. The van der Waals surface area contributed by atoms with E-state index in [9.17, 15) is 20.6 Å². The first-order chi connectivity index (χ1) is 11.9. The molecule has 0 saturated heterocycles. The van der Waals surface area contributed by atoms with Crippen molar-refractivity contribution in [3.63, 3.8) is 0 Å². The lowest BCUT2D eigenvalue weighted by atomic mass is 9.80. The third kappa shape index (κ3) is 2.95. The van der Waals surface area contributed by atoms with E-state index in [2.05, 4.69) is 0 Å². The van der Waals surface area contributed by atoms with Crippen LogP contribution in [0.25, 0.3) is 0 Å². The number of benzene rings is 1. The van der Waals surface area contributed by atoms with Gasteiger partial charge in [0.15, 0.2) is 5.75 Å². The highest BCUT2D eigenvalue weighted by atomic mass is 32.2. The number of nitrogens with two attached hydrogens (primary N) is 1. The highest BCUT2D eigenvalue weighted by Crippen LogP contribution is 2.49. The predicted octanol–water partition coefficient (Wildman–Crippen LogP) is 2.25. The normalized spacial score (nSPS) is 19.8. The van der Waals surface area contributed by atoms with Crippen LogP contribution in [0.3, 0.4) is 0 Å². The summed E-state index contributed by atoms with van der Waals surface area (Å²) in [4.78, 5) is 11.0. The van der Waals surface area contributed by atoms with Gasteiger partial charge in [0, 0.05) is 5.56 Å². The van der Waals surface area contributed by atoms with Crippen molar-refractivity contribution < 1.29 is 14.4 Å². The molecule has 1 aromatic carbocycles. The molecule has 1 aliphatic heterocycles. The number of nitro benzene ring substituents is 1. The maximum Gasteiger partial charge on any atom is 0.318 e. The van der Waals surface area contributed by atoms with Gasteiger partial charge in [-0.25, -0.2) is 0 Å². The van der Waals surface area contributed by atoms with Gasteiger partial charge in [-0.2, -0.15) is 10.5 Å². The van der Waals surface area contributed by atoms with E-state index in [0.29, 0.717) is 0 Å². The predicted molar refractivity (Wildman–Crippen MR) is 90.2 cm³/mol. The largest absolute Gasteiger partial charge is 0.493 e. The van der Waals surface area contributed by atoms with Gasteiger partial charge in [0.1, 0.15) is 5.92 Å². The number of nitrogens with one attached hydrogen (secondary N) is 1. The fraction of sp³-hybridized carbons (Fsp3) is 0.267. The zero-order chi connectivity index (χ0) is 18.7. The van der Waals surface area contributed by atoms with Crippen molar-refractivity contribution in [2.75, 3.05) is 14.2 Å². The third-order valence-corrected chi connectivity index (χ3v) is 4.65. The van der Waals surface area contributed by atoms with Gasteiger partial charge in [-0.05, 0) is 12.1 Å². The van der Waals surface area contributed by atoms with E-state index in [0.717, 1.165) is 11.8 Å². The monoisotopic (exact) mass is 359 g/mol. The summed E-state index contributed by atoms with van der Waals surface area (Å²) >= 11 is 0.807. The Kier molecular flexibility index (Phi) is 5.15. The Morgan fingerprint density at radius 3 is 2.52 bits per heavy atom. The molecule has 1 aliphatic rings. The van der Waals surface area contributed by atoms with E-state index in [-0.39, 0.29) is 32.7 Å². The molecule has 0 saturated carbocycles. The number of hydrogen-bond acceptors (Lipinski definition) is 9. The van der Waals surface area contributed by atoms with Gasteiger partial charge in [0.05, 0.1) is 52.8 Å². The summed E-state index contributed by atoms with van der Waals surface area (Å²) in [7, 11) is 2.59. The molecule has 128 valence electrons. The molecule has 3 N–H and O–H groups in total. The quantitative estimate of drug-likeness (QED) is 0.611. The standard InChI is InChI=1S/C15H13N5O4S/c1-23-10-4-3-7(12(20(21)22)13(10)24-2)11-8(5-16)14(18)25-15(19)9(11)6-17/h3-4,8,11,18H,19H2,1-2H3/t8-,11-/m1/s1. The number of nitriles is 2. The molecular weight excluding hydrogens is 346 g/mol. The highest BCUT2D eigenvalue weighted by Gasteiger charge is 2.42. The maximum atomic E-state index is 11.7. The number of allylic oxidation sites excluding steroid dienone is 1. The molecular formula is C15H13N5O4S. The average molecular weight is 359 g/mol. The molecule has 0 aromatic heterocycles. The molecule has 2 rings (SSSR count). The lowest BCUT2D eigenvalue weighted by Crippen LogP contribution is -2.27. The molecule has 0 aliphatic carbocycles. The molecule has 25 heavy (non-hydrogen) atoms. The van der Waals surface area contributed by atoms with E-state index >= 15 is 0 Å². The first kappa shape index (κ1) is 18.1. The van der Waals surface area contributed by atoms with Gasteiger partial charge >= 0.3 is 5.69 Å². The van der Waals surface area contributed by atoms with Crippen molar-refractivity contribution in [2.45, 2.75) is 5.92 Å². The fourth-order valence-corrected chi connectivity index (χ4v) is 3.50. The van der Waals surface area contributed by atoms with Crippen LogP contribution in [0.5, 0.6) is 11.5 Å². The second-order valence-corrected chi connectivity index (χ2v) is 6.02. The lowest BCUT2D eigenvalue weighted by Gasteiger charge is -2.28. The SMILES string of the molecule is COc1ccc([C@H]2C(C#N)=C(N)SC(=N)[C@@H]2C#N)c([N+](=O)[O-])c1OC. The summed E-state index contributed by atoms with van der Waals surface area (Å²) in [5.41, 5.74) is 5.48. The smallest absolute Gasteiger partial charge is 0.318 e. The van der Waals surface area contributed by atoms with E-state index in [4.69, 9.17) is 20.6 Å². The van der Waals surface area contributed by atoms with Gasteiger partial charge in [-0.3, -0.25) is 15.5 Å². The van der Waals surface area contributed by atoms with Crippen LogP contribution in [0, 0.1) is 44.1 Å². The Hall–Kier alpha value is -3.24. The zero-order valence-electron chi connectivity index (χ0n) is 13.3. The number of nitrogens with zero attached hydrogens (tertiary/aromatic N) is 3. The minimum Gasteiger partial charge on any atom is -0.493 e. The molecule has 0 unspecified atom stereocenters. The molecule has 1 aromatic rings. The first-order valence-electron chi connectivity index (χ1n) is 6.86. The van der Waals surface area contributed by atoms with Crippen LogP contribution >= 0.6 is 11.8 Å². The highest BCUT2D eigenvalue weighted by molar-refractivity contribution is 8.17. The molecule has 2 atom stereocenters. The number of rotatable bonds is 4. The molecule has 0 bridgehead atoms. The van der Waals surface area contributed by atoms with Gasteiger partial charge in [0.2, 0.25) is 5.75 Å². The number of thioether (sulfide) groups is 1. The van der Waals surface area contributed by atoms with Crippen LogP contribution in [-0.4, -0.2) is 24.2 Å². The van der Waals surface area contributed by atoms with Crippen molar-refractivity contribution in [1.29, 1.82) is 15.9 Å². The van der Waals surface area contributed by atoms with Crippen molar-refractivity contribution in [1.82, 2.24) is 0 Å². The van der Waals surface area contributed by atoms with Crippen LogP contribution in [0.1, 0.15) is 11.5 Å². The molecule has 9 nitrogen and oxygen atoms in total. The van der Waals surface area contributed by atoms with Crippen molar-refractivity contribution in [3.05, 3.63) is 38.4 Å². The van der Waals surface area contributed by atoms with Crippen LogP contribution < -0.4 is 15.2 Å². The summed E-state index contributed by atoms with van der Waals surface area (Å²) in [6.45, 7) is 0. The Bertz CT molecular complexity index is 868. The minimum absolute atomic E-state index is 0.0165. The van der Waals surface area contributed by atoms with E-state index in [1.807, 2.05) is 12.1 Å². The summed E-state index contributed by atoms with van der Waals surface area (Å²) in [6, 6.07) is 6.69. The average Bonchev–Trinajstić information content (AvgIpc) is 2.59. The van der Waals surface area contributed by atoms with Crippen LogP contribution in [0.2, 0.25) is 0 Å². The van der Waals surface area contributed by atoms with E-state index < -0.39 is 22.4 Å². The Labute approximate surface area is 147 Å². The zero-order valence-corrected chi connectivity index (χ0v) is 14.1. The van der Waals surface area contributed by atoms with Gasteiger partial charge in [-0.1, -0.05) is 11.8 Å². The summed E-state index contributed by atoms with van der Waals surface area (Å²) in [5, 5.41) is 38.5. The van der Waals surface area contributed by atoms with E-state index in [1.54, 1.807) is 0 Å². The van der Waals surface area contributed by atoms with Gasteiger partial charge in [-0.15, -0.1) is 0 Å². The van der Waals surface area contributed by atoms with Crippen LogP contribution in [0.4, 0.5) is 5.69 Å². The molecule has 10 heteroatoms. The number of nitro groups is 1. The topological polar surface area (TPSA) is 159 Å². The lowest BCUT2D eigenvalue weighted by molar-refractivity contribution is -0.386. The molecule has 1 heterocycles. The minimum atomic E-state index is -1.07. The molecule has 0 radical (unpaired) electrons. The van der Waals surface area contributed by atoms with Gasteiger partial charge < -0.3 is 15.2 Å². The molecule has 0 spiro atoms. The number of hydrogen-bond donors (Lipinski definition) is 2. The van der Waals surface area contributed by atoms with Crippen LogP contribution in [0.15, 0.2) is 22.7 Å². The maximum absolute atomic E-state index is 11.7. The first-order valence-corrected chi connectivity index (χ1v) is 7.67. The molecule has 0 fully saturated rings. The summed E-state index contributed by atoms with van der Waals surface area (Å²) in [5.74, 6) is -2.09. The number of methoxy groups -OCH3 is 2. The van der Waals surface area contributed by atoms with E-state index in [1.165, 1.54) is 26.4 Å². The van der Waals surface area contributed by atoms with Gasteiger partial charge in [0.25, 0.3) is 0 Å². The second kappa shape index (κ2) is 7.11. The van der Waals surface area contributed by atoms with Crippen molar-refractivity contribution in [2.24, 2.45) is 11.7 Å². The number of ether oxygens (including phenoxy) is 2. The fourth-order valence-electron chi connectivity index (χ4n) is 2.67.